The maximum absolute atomic E-state index is 12.4. The van der Waals surface area contributed by atoms with Crippen LogP contribution in [0.15, 0.2) is 30.5 Å². The fourth-order valence-corrected chi connectivity index (χ4v) is 4.56. The second-order valence-electron chi connectivity index (χ2n) is 8.91. The smallest absolute Gasteiger partial charge is 0.311 e. The quantitative estimate of drug-likeness (QED) is 0.175. The summed E-state index contributed by atoms with van der Waals surface area (Å²) in [5.41, 5.74) is 3.67. The highest BCUT2D eigenvalue weighted by Gasteiger charge is 2.22. The van der Waals surface area contributed by atoms with Gasteiger partial charge < -0.3 is 9.30 Å². The molecule has 0 atom stereocenters. The lowest BCUT2D eigenvalue weighted by Crippen LogP contribution is -2.07. The van der Waals surface area contributed by atoms with Crippen LogP contribution in [-0.2, 0) is 17.8 Å². The second-order valence-corrected chi connectivity index (χ2v) is 8.91. The number of hydrogen-bond donors (Lipinski definition) is 0. The minimum atomic E-state index is -0.206. The number of nitrogens with zero attached hydrogens (tertiary/aromatic N) is 4. The van der Waals surface area contributed by atoms with Gasteiger partial charge in [0, 0.05) is 25.6 Å². The van der Waals surface area contributed by atoms with Crippen LogP contribution in [0, 0.1) is 0 Å². The first-order valence-electron chi connectivity index (χ1n) is 12.7. The number of unbranched alkanes of at least 4 members (excludes halogenated alkanes) is 5. The van der Waals surface area contributed by atoms with Crippen molar-refractivity contribution in [3.05, 3.63) is 36.3 Å². The predicted octanol–water partition coefficient (Wildman–Crippen LogP) is 6.86. The van der Waals surface area contributed by atoms with Gasteiger partial charge in [-0.3, -0.25) is 9.20 Å². The molecule has 0 aliphatic heterocycles. The van der Waals surface area contributed by atoms with Crippen molar-refractivity contribution >= 4 is 33.7 Å². The summed E-state index contributed by atoms with van der Waals surface area (Å²) in [5, 5.41) is 0.835. The minimum absolute atomic E-state index is 0.206. The number of aryl methyl sites for hydroxylation is 2. The average Bonchev–Trinajstić information content (AvgIpc) is 3.35. The molecular formula is C27H36N4O2. The molecule has 3 aromatic heterocycles. The molecule has 0 aliphatic carbocycles. The molecule has 3 heterocycles. The van der Waals surface area contributed by atoms with Gasteiger partial charge in [-0.05, 0) is 31.4 Å². The number of carbonyl (C=O) groups is 1. The Morgan fingerprint density at radius 1 is 0.909 bits per heavy atom. The van der Waals surface area contributed by atoms with E-state index >= 15 is 0 Å². The third kappa shape index (κ3) is 4.90. The van der Waals surface area contributed by atoms with E-state index in [-0.39, 0.29) is 5.97 Å². The lowest BCUT2D eigenvalue weighted by Gasteiger charge is -2.09. The molecule has 0 saturated heterocycles. The van der Waals surface area contributed by atoms with Gasteiger partial charge in [0.05, 0.1) is 11.0 Å². The number of imidazole rings is 1. The van der Waals surface area contributed by atoms with Gasteiger partial charge in [0.2, 0.25) is 0 Å². The van der Waals surface area contributed by atoms with E-state index in [1.165, 1.54) is 32.1 Å². The third-order valence-corrected chi connectivity index (χ3v) is 6.20. The molecule has 0 aliphatic rings. The largest absolute Gasteiger partial charge is 0.424 e. The van der Waals surface area contributed by atoms with Gasteiger partial charge in [0.25, 0.3) is 0 Å². The number of aromatic nitrogens is 4. The van der Waals surface area contributed by atoms with E-state index in [2.05, 4.69) is 28.9 Å². The Labute approximate surface area is 196 Å². The molecule has 6 nitrogen and oxygen atoms in total. The maximum atomic E-state index is 12.4. The summed E-state index contributed by atoms with van der Waals surface area (Å²) in [6, 6.07) is 8.14. The first kappa shape index (κ1) is 23.3. The van der Waals surface area contributed by atoms with E-state index in [1.807, 2.05) is 31.3 Å². The lowest BCUT2D eigenvalue weighted by atomic mass is 10.1. The average molecular weight is 449 g/mol. The van der Waals surface area contributed by atoms with Crippen molar-refractivity contribution in [2.24, 2.45) is 0 Å². The first-order chi connectivity index (χ1) is 16.2. The maximum Gasteiger partial charge on any atom is 0.311 e. The highest BCUT2D eigenvalue weighted by molar-refractivity contribution is 6.00. The Kier molecular flexibility index (Phi) is 7.63. The summed E-state index contributed by atoms with van der Waals surface area (Å²) < 4.78 is 10.2. The van der Waals surface area contributed by atoms with Gasteiger partial charge in [0.1, 0.15) is 16.9 Å². The van der Waals surface area contributed by atoms with Crippen molar-refractivity contribution < 1.29 is 9.53 Å². The van der Waals surface area contributed by atoms with Crippen LogP contribution in [-0.4, -0.2) is 24.9 Å². The minimum Gasteiger partial charge on any atom is -0.424 e. The summed E-state index contributed by atoms with van der Waals surface area (Å²) in [5.74, 6) is 1.37. The number of rotatable bonds is 12. The molecule has 0 amide bonds. The molecule has 6 heteroatoms. The zero-order valence-corrected chi connectivity index (χ0v) is 20.3. The normalized spacial score (nSPS) is 11.7. The van der Waals surface area contributed by atoms with Gasteiger partial charge in [-0.1, -0.05) is 65.0 Å². The van der Waals surface area contributed by atoms with Crippen molar-refractivity contribution in [1.29, 1.82) is 0 Å². The Morgan fingerprint density at radius 2 is 1.70 bits per heavy atom. The number of esters is 1. The highest BCUT2D eigenvalue weighted by Crippen LogP contribution is 2.34. The van der Waals surface area contributed by atoms with Crippen LogP contribution in [0.3, 0.4) is 0 Å². The van der Waals surface area contributed by atoms with E-state index in [9.17, 15) is 4.79 Å². The van der Waals surface area contributed by atoms with Gasteiger partial charge in [-0.15, -0.1) is 0 Å². The summed E-state index contributed by atoms with van der Waals surface area (Å²) >= 11 is 0. The molecule has 4 rings (SSSR count). The van der Waals surface area contributed by atoms with Crippen molar-refractivity contribution in [2.75, 3.05) is 0 Å². The summed E-state index contributed by atoms with van der Waals surface area (Å²) in [4.78, 5) is 22.5. The molecule has 0 radical (unpaired) electrons. The number of para-hydroxylation sites is 2. The van der Waals surface area contributed by atoms with E-state index in [0.29, 0.717) is 12.2 Å². The zero-order chi connectivity index (χ0) is 23.2. The Morgan fingerprint density at radius 3 is 2.48 bits per heavy atom. The predicted molar refractivity (Wildman–Crippen MR) is 134 cm³/mol. The molecule has 33 heavy (non-hydrogen) atoms. The van der Waals surface area contributed by atoms with Gasteiger partial charge in [0.15, 0.2) is 11.4 Å². The van der Waals surface area contributed by atoms with Crippen LogP contribution >= 0.6 is 0 Å². The van der Waals surface area contributed by atoms with Crippen LogP contribution < -0.4 is 4.74 Å². The SMILES string of the molecule is CCCCCCCCn1cc(OC(=O)CCC)c2c1nc(CCC)n1c3ccccc3nc21. The third-order valence-electron chi connectivity index (χ3n) is 6.20. The molecular weight excluding hydrogens is 412 g/mol. The van der Waals surface area contributed by atoms with Crippen molar-refractivity contribution in [3.8, 4) is 5.75 Å². The van der Waals surface area contributed by atoms with Gasteiger partial charge in [-0.25, -0.2) is 9.97 Å². The molecule has 0 N–H and O–H groups in total. The standard InChI is InChI=1S/C27H36N4O2/c1-4-7-8-9-10-13-18-30-19-22(33-24(32)15-6-3)25-26(30)29-23(14-5-2)31-21-17-12-11-16-20(21)28-27(25)31/h11-12,16-17,19H,4-10,13-15,18H2,1-3H3. The van der Waals surface area contributed by atoms with Crippen LogP contribution in [0.5, 0.6) is 5.75 Å². The zero-order valence-electron chi connectivity index (χ0n) is 20.3. The summed E-state index contributed by atoms with van der Waals surface area (Å²) in [6.45, 7) is 7.26. The van der Waals surface area contributed by atoms with Crippen molar-refractivity contribution in [1.82, 2.24) is 18.9 Å². The van der Waals surface area contributed by atoms with E-state index in [1.54, 1.807) is 0 Å². The second kappa shape index (κ2) is 10.8. The molecule has 0 bridgehead atoms. The Bertz CT molecular complexity index is 1240. The summed E-state index contributed by atoms with van der Waals surface area (Å²) in [6.07, 6.45) is 12.4. The fourth-order valence-electron chi connectivity index (χ4n) is 4.56. The lowest BCUT2D eigenvalue weighted by molar-refractivity contribution is -0.134. The number of hydrogen-bond acceptors (Lipinski definition) is 4. The Balaban J connectivity index is 1.81. The van der Waals surface area contributed by atoms with Crippen molar-refractivity contribution in [2.45, 2.75) is 91.5 Å². The molecule has 0 unspecified atom stereocenters. The topological polar surface area (TPSA) is 61.4 Å². The van der Waals surface area contributed by atoms with Crippen LogP contribution in [0.4, 0.5) is 0 Å². The highest BCUT2D eigenvalue weighted by atomic mass is 16.5. The monoisotopic (exact) mass is 448 g/mol. The number of fused-ring (bicyclic) bond motifs is 5. The molecule has 4 aromatic rings. The van der Waals surface area contributed by atoms with Crippen LogP contribution in [0.2, 0.25) is 0 Å². The number of ether oxygens (including phenoxy) is 1. The number of carbonyl (C=O) groups excluding carboxylic acids is 1. The molecule has 1 aromatic carbocycles. The Hall–Kier alpha value is -2.89. The van der Waals surface area contributed by atoms with Crippen LogP contribution in [0.1, 0.15) is 84.4 Å². The number of benzene rings is 1. The van der Waals surface area contributed by atoms with Crippen molar-refractivity contribution in [3.63, 3.8) is 0 Å². The van der Waals surface area contributed by atoms with Crippen LogP contribution in [0.25, 0.3) is 27.7 Å². The molecule has 176 valence electrons. The van der Waals surface area contributed by atoms with E-state index < -0.39 is 0 Å². The fraction of sp³-hybridized carbons (Fsp3) is 0.519. The van der Waals surface area contributed by atoms with E-state index in [0.717, 1.165) is 65.8 Å². The summed E-state index contributed by atoms with van der Waals surface area (Å²) in [7, 11) is 0. The van der Waals surface area contributed by atoms with Gasteiger partial charge in [-0.2, -0.15) is 0 Å². The molecule has 0 spiro atoms. The molecule has 0 fully saturated rings. The van der Waals surface area contributed by atoms with E-state index in [4.69, 9.17) is 14.7 Å². The molecule has 0 saturated carbocycles. The first-order valence-corrected chi connectivity index (χ1v) is 12.7. The van der Waals surface area contributed by atoms with Gasteiger partial charge >= 0.3 is 5.97 Å².